The van der Waals surface area contributed by atoms with E-state index in [1.54, 1.807) is 24.3 Å². The number of hydrogen-bond acceptors (Lipinski definition) is 2. The number of fused-ring (bicyclic) bond motifs is 1. The number of likely N-dealkylation sites (N-methyl/N-ethyl adjacent to an activating group) is 1. The zero-order chi connectivity index (χ0) is 16.7. The third-order valence-electron chi connectivity index (χ3n) is 4.07. The molecule has 6 heteroatoms. The molecule has 4 nitrogen and oxygen atoms in total. The molecule has 1 heterocycles. The number of carboxylic acids is 1. The molecule has 0 radical (unpaired) electrons. The highest BCUT2D eigenvalue weighted by molar-refractivity contribution is 6.00. The van der Waals surface area contributed by atoms with Gasteiger partial charge in [0.25, 0.3) is 5.91 Å². The van der Waals surface area contributed by atoms with E-state index in [1.807, 2.05) is 0 Å². The highest BCUT2D eigenvalue weighted by Crippen LogP contribution is 2.42. The van der Waals surface area contributed by atoms with E-state index < -0.39 is 29.6 Å². The lowest BCUT2D eigenvalue weighted by Gasteiger charge is -2.38. The van der Waals surface area contributed by atoms with Crippen LogP contribution in [0.3, 0.4) is 0 Å². The fraction of sp³-hybridized carbons (Fsp3) is 0.176. The monoisotopic (exact) mass is 317 g/mol. The Bertz CT molecular complexity index is 786. The summed E-state index contributed by atoms with van der Waals surface area (Å²) < 4.78 is 27.1. The Morgan fingerprint density at radius 2 is 1.74 bits per heavy atom. The number of carboxylic acid groups (broad SMARTS) is 1. The molecule has 118 valence electrons. The molecule has 0 aliphatic carbocycles. The number of hydrogen-bond donors (Lipinski definition) is 1. The maximum absolute atomic E-state index is 13.5. The number of benzene rings is 2. The number of carbonyl (C=O) groups excluding carboxylic acids is 1. The minimum Gasteiger partial charge on any atom is -0.481 e. The number of amides is 1. The van der Waals surface area contributed by atoms with Crippen LogP contribution in [0.4, 0.5) is 8.78 Å². The van der Waals surface area contributed by atoms with Gasteiger partial charge in [-0.2, -0.15) is 0 Å². The summed E-state index contributed by atoms with van der Waals surface area (Å²) in [5, 5.41) is 9.63. The SMILES string of the molecule is CN1C(=O)c2ccccc2C(C(=O)O)C1c1cc(F)cc(F)c1. The van der Waals surface area contributed by atoms with Crippen molar-refractivity contribution < 1.29 is 23.5 Å². The summed E-state index contributed by atoms with van der Waals surface area (Å²) >= 11 is 0. The average molecular weight is 317 g/mol. The zero-order valence-electron chi connectivity index (χ0n) is 12.2. The summed E-state index contributed by atoms with van der Waals surface area (Å²) in [7, 11) is 1.43. The van der Waals surface area contributed by atoms with Crippen LogP contribution in [-0.4, -0.2) is 28.9 Å². The maximum Gasteiger partial charge on any atom is 0.313 e. The fourth-order valence-corrected chi connectivity index (χ4v) is 3.10. The van der Waals surface area contributed by atoms with Crippen molar-refractivity contribution in [1.29, 1.82) is 0 Å². The van der Waals surface area contributed by atoms with Gasteiger partial charge in [0, 0.05) is 18.7 Å². The molecule has 23 heavy (non-hydrogen) atoms. The lowest BCUT2D eigenvalue weighted by Crippen LogP contribution is -2.42. The van der Waals surface area contributed by atoms with Gasteiger partial charge in [0.05, 0.1) is 6.04 Å². The van der Waals surface area contributed by atoms with Crippen LogP contribution in [0.25, 0.3) is 0 Å². The van der Waals surface area contributed by atoms with Crippen LogP contribution in [0.2, 0.25) is 0 Å². The van der Waals surface area contributed by atoms with Gasteiger partial charge in [-0.05, 0) is 29.3 Å². The van der Waals surface area contributed by atoms with Crippen molar-refractivity contribution in [1.82, 2.24) is 4.90 Å². The quantitative estimate of drug-likeness (QED) is 0.926. The van der Waals surface area contributed by atoms with Crippen molar-refractivity contribution >= 4 is 11.9 Å². The molecule has 2 aromatic carbocycles. The molecule has 2 aromatic rings. The molecular formula is C17H13F2NO3. The van der Waals surface area contributed by atoms with Crippen LogP contribution in [-0.2, 0) is 4.79 Å². The third kappa shape index (κ3) is 2.46. The Kier molecular flexibility index (Phi) is 3.60. The molecule has 3 rings (SSSR count). The zero-order valence-corrected chi connectivity index (χ0v) is 12.2. The normalized spacial score (nSPS) is 20.3. The van der Waals surface area contributed by atoms with E-state index in [0.717, 1.165) is 12.1 Å². The summed E-state index contributed by atoms with van der Waals surface area (Å²) in [6.45, 7) is 0. The molecule has 0 bridgehead atoms. The minimum atomic E-state index is -1.16. The third-order valence-corrected chi connectivity index (χ3v) is 4.07. The molecule has 0 saturated carbocycles. The van der Waals surface area contributed by atoms with Crippen LogP contribution < -0.4 is 0 Å². The smallest absolute Gasteiger partial charge is 0.313 e. The second kappa shape index (κ2) is 5.46. The first-order valence-electron chi connectivity index (χ1n) is 6.95. The van der Waals surface area contributed by atoms with Gasteiger partial charge in [0.2, 0.25) is 0 Å². The van der Waals surface area contributed by atoms with E-state index in [1.165, 1.54) is 11.9 Å². The van der Waals surface area contributed by atoms with E-state index in [-0.39, 0.29) is 17.0 Å². The first-order chi connectivity index (χ1) is 10.9. The number of rotatable bonds is 2. The number of halogens is 2. The Hall–Kier alpha value is -2.76. The predicted molar refractivity (Wildman–Crippen MR) is 78.0 cm³/mol. The van der Waals surface area contributed by atoms with E-state index >= 15 is 0 Å². The maximum atomic E-state index is 13.5. The van der Waals surface area contributed by atoms with Crippen molar-refractivity contribution in [3.8, 4) is 0 Å². The van der Waals surface area contributed by atoms with Crippen molar-refractivity contribution in [2.24, 2.45) is 0 Å². The Morgan fingerprint density at radius 1 is 1.13 bits per heavy atom. The molecule has 1 amide bonds. The van der Waals surface area contributed by atoms with Crippen LogP contribution in [0, 0.1) is 11.6 Å². The summed E-state index contributed by atoms with van der Waals surface area (Å²) in [5.74, 6) is -4.28. The largest absolute Gasteiger partial charge is 0.481 e. The van der Waals surface area contributed by atoms with Gasteiger partial charge in [-0.15, -0.1) is 0 Å². The predicted octanol–water partition coefficient (Wildman–Crippen LogP) is 2.96. The highest BCUT2D eigenvalue weighted by Gasteiger charge is 2.42. The van der Waals surface area contributed by atoms with Gasteiger partial charge >= 0.3 is 5.97 Å². The fourth-order valence-electron chi connectivity index (χ4n) is 3.10. The molecule has 2 unspecified atom stereocenters. The lowest BCUT2D eigenvalue weighted by atomic mass is 9.80. The average Bonchev–Trinajstić information content (AvgIpc) is 2.49. The lowest BCUT2D eigenvalue weighted by molar-refractivity contribution is -0.140. The molecule has 0 spiro atoms. The van der Waals surface area contributed by atoms with Crippen molar-refractivity contribution in [3.05, 3.63) is 70.8 Å². The Morgan fingerprint density at radius 3 is 2.35 bits per heavy atom. The van der Waals surface area contributed by atoms with Gasteiger partial charge in [0.15, 0.2) is 0 Å². The molecular weight excluding hydrogens is 304 g/mol. The summed E-state index contributed by atoms with van der Waals surface area (Å²) in [6.07, 6.45) is 0. The first kappa shape index (κ1) is 15.1. The first-order valence-corrected chi connectivity index (χ1v) is 6.95. The molecule has 1 aliphatic rings. The van der Waals surface area contributed by atoms with Gasteiger partial charge in [-0.3, -0.25) is 9.59 Å². The second-order valence-electron chi connectivity index (χ2n) is 5.47. The molecule has 1 N–H and O–H groups in total. The van der Waals surface area contributed by atoms with Crippen LogP contribution in [0.1, 0.15) is 33.4 Å². The number of nitrogens with zero attached hydrogens (tertiary/aromatic N) is 1. The van der Waals surface area contributed by atoms with Crippen LogP contribution >= 0.6 is 0 Å². The highest BCUT2D eigenvalue weighted by atomic mass is 19.1. The molecule has 0 aromatic heterocycles. The minimum absolute atomic E-state index is 0.111. The van der Waals surface area contributed by atoms with Crippen LogP contribution in [0.5, 0.6) is 0 Å². The van der Waals surface area contributed by atoms with Crippen molar-refractivity contribution in [3.63, 3.8) is 0 Å². The number of aliphatic carboxylic acids is 1. The van der Waals surface area contributed by atoms with Crippen molar-refractivity contribution in [2.45, 2.75) is 12.0 Å². The molecule has 0 saturated heterocycles. The Balaban J connectivity index is 2.22. The summed E-state index contributed by atoms with van der Waals surface area (Å²) in [4.78, 5) is 25.5. The number of carbonyl (C=O) groups is 2. The van der Waals surface area contributed by atoms with E-state index in [4.69, 9.17) is 0 Å². The standard InChI is InChI=1S/C17H13F2NO3/c1-20-15(9-6-10(18)8-11(19)7-9)14(17(22)23)12-4-2-3-5-13(12)16(20)21/h2-8,14-15H,1H3,(H,22,23). The summed E-state index contributed by atoms with van der Waals surface area (Å²) in [5.41, 5.74) is 0.744. The van der Waals surface area contributed by atoms with Gasteiger partial charge in [-0.1, -0.05) is 18.2 Å². The van der Waals surface area contributed by atoms with E-state index in [2.05, 4.69) is 0 Å². The topological polar surface area (TPSA) is 57.6 Å². The summed E-state index contributed by atoms with van der Waals surface area (Å²) in [6, 6.07) is 8.22. The Labute approximate surface area is 131 Å². The molecule has 1 aliphatic heterocycles. The van der Waals surface area contributed by atoms with E-state index in [9.17, 15) is 23.5 Å². The van der Waals surface area contributed by atoms with Gasteiger partial charge < -0.3 is 10.0 Å². The van der Waals surface area contributed by atoms with Crippen LogP contribution in [0.15, 0.2) is 42.5 Å². The van der Waals surface area contributed by atoms with E-state index in [0.29, 0.717) is 11.6 Å². The molecule has 2 atom stereocenters. The van der Waals surface area contributed by atoms with Crippen molar-refractivity contribution in [2.75, 3.05) is 7.05 Å². The molecule has 0 fully saturated rings. The second-order valence-corrected chi connectivity index (χ2v) is 5.47. The van der Waals surface area contributed by atoms with Gasteiger partial charge in [0.1, 0.15) is 17.6 Å². The van der Waals surface area contributed by atoms with Gasteiger partial charge in [-0.25, -0.2) is 8.78 Å².